The monoisotopic (exact) mass is 253 g/mol. The van der Waals surface area contributed by atoms with Crippen LogP contribution in [0.1, 0.15) is 34.8 Å². The van der Waals surface area contributed by atoms with Crippen LogP contribution in [0.3, 0.4) is 0 Å². The molecule has 0 saturated heterocycles. The van der Waals surface area contributed by atoms with Crippen LogP contribution in [0.15, 0.2) is 12.1 Å². The number of Topliss-reactive ketones (excluding diaryl/α,β-unsaturated/α-hetero) is 1. The van der Waals surface area contributed by atoms with E-state index in [2.05, 4.69) is 0 Å². The van der Waals surface area contributed by atoms with Crippen molar-refractivity contribution in [3.63, 3.8) is 0 Å². The average Bonchev–Trinajstić information content (AvgIpc) is 2.13. The minimum absolute atomic E-state index is 0.389. The smallest absolute Gasteiger partial charge is 0.398 e. The molecule has 0 fully saturated rings. The second kappa shape index (κ2) is 4.31. The van der Waals surface area contributed by atoms with Crippen LogP contribution in [0.2, 0.25) is 0 Å². The standard InChI is InChI=1S/C10H8F5NO/c1-4(17)6-2-5(10(13,14)15)3-7(16)8(6)9(11)12/h2-3,9H,16H2,1H3. The molecule has 0 radical (unpaired) electrons. The molecule has 0 amide bonds. The molecule has 0 saturated carbocycles. The van der Waals surface area contributed by atoms with Gasteiger partial charge in [0.2, 0.25) is 0 Å². The Kier molecular flexibility index (Phi) is 3.40. The first-order chi connectivity index (χ1) is 7.64. The summed E-state index contributed by atoms with van der Waals surface area (Å²) in [6, 6.07) is 0.786. The van der Waals surface area contributed by atoms with Crippen molar-refractivity contribution in [2.24, 2.45) is 0 Å². The zero-order chi connectivity index (χ0) is 13.4. The summed E-state index contributed by atoms with van der Waals surface area (Å²) in [5.41, 5.74) is 1.61. The number of rotatable bonds is 2. The molecule has 2 nitrogen and oxygen atoms in total. The molecule has 94 valence electrons. The van der Waals surface area contributed by atoms with Gasteiger partial charge in [-0.1, -0.05) is 0 Å². The van der Waals surface area contributed by atoms with Crippen LogP contribution < -0.4 is 5.73 Å². The number of carbonyl (C=O) groups excluding carboxylic acids is 1. The number of alkyl halides is 5. The molecule has 0 heterocycles. The first kappa shape index (κ1) is 13.4. The van der Waals surface area contributed by atoms with E-state index in [0.717, 1.165) is 6.92 Å². The lowest BCUT2D eigenvalue weighted by Gasteiger charge is -2.14. The number of halogens is 5. The molecule has 0 aliphatic carbocycles. The van der Waals surface area contributed by atoms with Gasteiger partial charge in [-0.2, -0.15) is 13.2 Å². The van der Waals surface area contributed by atoms with Gasteiger partial charge >= 0.3 is 6.18 Å². The summed E-state index contributed by atoms with van der Waals surface area (Å²) >= 11 is 0. The van der Waals surface area contributed by atoms with E-state index in [0.29, 0.717) is 12.1 Å². The van der Waals surface area contributed by atoms with Crippen LogP contribution in [-0.4, -0.2) is 5.78 Å². The van der Waals surface area contributed by atoms with Gasteiger partial charge in [0.15, 0.2) is 5.78 Å². The van der Waals surface area contributed by atoms with Gasteiger partial charge in [-0.3, -0.25) is 4.79 Å². The molecule has 0 bridgehead atoms. The summed E-state index contributed by atoms with van der Waals surface area (Å²) in [5.74, 6) is -0.891. The van der Waals surface area contributed by atoms with Crippen molar-refractivity contribution in [3.8, 4) is 0 Å². The Morgan fingerprint density at radius 2 is 1.82 bits per heavy atom. The van der Waals surface area contributed by atoms with E-state index in [-0.39, 0.29) is 0 Å². The summed E-state index contributed by atoms with van der Waals surface area (Å²) in [4.78, 5) is 11.0. The van der Waals surface area contributed by atoms with Crippen LogP contribution in [0.25, 0.3) is 0 Å². The van der Waals surface area contributed by atoms with Gasteiger partial charge < -0.3 is 5.73 Å². The number of carbonyl (C=O) groups is 1. The maximum atomic E-state index is 12.6. The second-order valence-electron chi connectivity index (χ2n) is 3.38. The van der Waals surface area contributed by atoms with E-state index >= 15 is 0 Å². The quantitative estimate of drug-likeness (QED) is 0.498. The van der Waals surface area contributed by atoms with Crippen LogP contribution >= 0.6 is 0 Å². The lowest BCUT2D eigenvalue weighted by molar-refractivity contribution is -0.137. The molecule has 0 unspecified atom stereocenters. The van der Waals surface area contributed by atoms with Gasteiger partial charge in [0.25, 0.3) is 6.43 Å². The highest BCUT2D eigenvalue weighted by Crippen LogP contribution is 2.36. The molecule has 17 heavy (non-hydrogen) atoms. The largest absolute Gasteiger partial charge is 0.416 e. The fraction of sp³-hybridized carbons (Fsp3) is 0.300. The van der Waals surface area contributed by atoms with Crippen molar-refractivity contribution < 1.29 is 26.7 Å². The van der Waals surface area contributed by atoms with Gasteiger partial charge in [0.1, 0.15) is 0 Å². The van der Waals surface area contributed by atoms with E-state index in [1.807, 2.05) is 0 Å². The van der Waals surface area contributed by atoms with Crippen LogP contribution in [0, 0.1) is 0 Å². The van der Waals surface area contributed by atoms with Crippen molar-refractivity contribution in [2.45, 2.75) is 19.5 Å². The summed E-state index contributed by atoms with van der Waals surface area (Å²) in [6.07, 6.45) is -7.84. The molecule has 0 spiro atoms. The Balaban J connectivity index is 3.53. The molecule has 1 aromatic rings. The molecular weight excluding hydrogens is 245 g/mol. The normalized spacial score (nSPS) is 11.9. The predicted molar refractivity (Wildman–Crippen MR) is 50.8 cm³/mol. The Morgan fingerprint density at radius 3 is 2.18 bits per heavy atom. The highest BCUT2D eigenvalue weighted by molar-refractivity contribution is 5.97. The Hall–Kier alpha value is -1.66. The van der Waals surface area contributed by atoms with E-state index < -0.39 is 40.8 Å². The molecule has 1 aromatic carbocycles. The maximum absolute atomic E-state index is 12.6. The van der Waals surface area contributed by atoms with E-state index in [1.54, 1.807) is 0 Å². The maximum Gasteiger partial charge on any atom is 0.416 e. The number of nitrogen functional groups attached to an aromatic ring is 1. The van der Waals surface area contributed by atoms with Crippen molar-refractivity contribution in [3.05, 3.63) is 28.8 Å². The number of hydrogen-bond acceptors (Lipinski definition) is 2. The summed E-state index contributed by atoms with van der Waals surface area (Å²) in [6.45, 7) is 0.904. The summed E-state index contributed by atoms with van der Waals surface area (Å²) in [5, 5.41) is 0. The molecule has 2 N–H and O–H groups in total. The molecule has 1 rings (SSSR count). The number of benzene rings is 1. The van der Waals surface area contributed by atoms with E-state index in [1.165, 1.54) is 0 Å². The van der Waals surface area contributed by atoms with Gasteiger partial charge in [-0.25, -0.2) is 8.78 Å². The fourth-order valence-electron chi connectivity index (χ4n) is 1.37. The molecule has 0 atom stereocenters. The van der Waals surface area contributed by atoms with Gasteiger partial charge in [0.05, 0.1) is 11.1 Å². The molecule has 0 aromatic heterocycles. The predicted octanol–water partition coefficient (Wildman–Crippen LogP) is 3.43. The van der Waals surface area contributed by atoms with Gasteiger partial charge in [-0.15, -0.1) is 0 Å². The van der Waals surface area contributed by atoms with E-state index in [9.17, 15) is 26.7 Å². The van der Waals surface area contributed by atoms with Gasteiger partial charge in [-0.05, 0) is 19.1 Å². The highest BCUT2D eigenvalue weighted by atomic mass is 19.4. The fourth-order valence-corrected chi connectivity index (χ4v) is 1.37. The third-order valence-corrected chi connectivity index (χ3v) is 2.14. The summed E-state index contributed by atoms with van der Waals surface area (Å²) in [7, 11) is 0. The molecule has 0 aliphatic heterocycles. The topological polar surface area (TPSA) is 43.1 Å². The van der Waals surface area contributed by atoms with Crippen molar-refractivity contribution in [1.82, 2.24) is 0 Å². The number of ketones is 1. The van der Waals surface area contributed by atoms with Crippen molar-refractivity contribution in [2.75, 3.05) is 5.73 Å². The number of anilines is 1. The SMILES string of the molecule is CC(=O)c1cc(C(F)(F)F)cc(N)c1C(F)F. The number of nitrogens with two attached hydrogens (primary N) is 1. The first-order valence-corrected chi connectivity index (χ1v) is 4.44. The third-order valence-electron chi connectivity index (χ3n) is 2.14. The third kappa shape index (κ3) is 2.72. The molecular formula is C10H8F5NO. The van der Waals surface area contributed by atoms with Crippen molar-refractivity contribution in [1.29, 1.82) is 0 Å². The lowest BCUT2D eigenvalue weighted by Crippen LogP contribution is -2.11. The lowest BCUT2D eigenvalue weighted by atomic mass is 9.99. The van der Waals surface area contributed by atoms with Crippen molar-refractivity contribution >= 4 is 11.5 Å². The molecule has 7 heteroatoms. The van der Waals surface area contributed by atoms with E-state index in [4.69, 9.17) is 5.73 Å². The summed E-state index contributed by atoms with van der Waals surface area (Å²) < 4.78 is 62.3. The Morgan fingerprint density at radius 1 is 1.29 bits per heavy atom. The van der Waals surface area contributed by atoms with Crippen LogP contribution in [-0.2, 0) is 6.18 Å². The molecule has 0 aliphatic rings. The Labute approximate surface area is 93.2 Å². The Bertz CT molecular complexity index is 453. The zero-order valence-electron chi connectivity index (χ0n) is 8.61. The number of hydrogen-bond donors (Lipinski definition) is 1. The average molecular weight is 253 g/mol. The zero-order valence-corrected chi connectivity index (χ0v) is 8.61. The first-order valence-electron chi connectivity index (χ1n) is 4.44. The van der Waals surface area contributed by atoms with Gasteiger partial charge in [0, 0.05) is 11.3 Å². The minimum Gasteiger partial charge on any atom is -0.398 e. The second-order valence-corrected chi connectivity index (χ2v) is 3.38. The minimum atomic E-state index is -4.74. The van der Waals surface area contributed by atoms with Crippen LogP contribution in [0.4, 0.5) is 27.6 Å². The highest BCUT2D eigenvalue weighted by Gasteiger charge is 2.33. The van der Waals surface area contributed by atoms with Crippen LogP contribution in [0.5, 0.6) is 0 Å².